The van der Waals surface area contributed by atoms with E-state index in [2.05, 4.69) is 67.7 Å². The molecular formula is C66H85Cl2N9O9S. The number of urea groups is 1. The average Bonchev–Trinajstić information content (AvgIpc) is 1.57. The predicted octanol–water partition coefficient (Wildman–Crippen LogP) is 9.76. The Morgan fingerprint density at radius 1 is 0.759 bits per heavy atom. The number of amidine groups is 1. The monoisotopic (exact) mass is 1250 g/mol. The zero-order valence-electron chi connectivity index (χ0n) is 51.9. The van der Waals surface area contributed by atoms with Crippen molar-refractivity contribution in [1.29, 1.82) is 0 Å². The molecule has 3 aliphatic rings. The molecule has 0 spiro atoms. The lowest BCUT2D eigenvalue weighted by Crippen LogP contribution is -2.61. The molecule has 4 atom stereocenters. The lowest BCUT2D eigenvalue weighted by Gasteiger charge is -2.47. The zero-order chi connectivity index (χ0) is 62.7. The lowest BCUT2D eigenvalue weighted by atomic mass is 9.71. The second-order valence-electron chi connectivity index (χ2n) is 24.7. The van der Waals surface area contributed by atoms with Gasteiger partial charge in [0.15, 0.2) is 0 Å². The first kappa shape index (κ1) is 66.5. The van der Waals surface area contributed by atoms with Crippen LogP contribution >= 0.6 is 34.5 Å². The molecule has 87 heavy (non-hydrogen) atoms. The van der Waals surface area contributed by atoms with Gasteiger partial charge in [-0.15, -0.1) is 11.3 Å². The molecule has 3 aliphatic heterocycles. The number of thiazole rings is 1. The highest BCUT2D eigenvalue weighted by Gasteiger charge is 2.60. The molecular weight excluding hydrogens is 1170 g/mol. The Bertz CT molecular complexity index is 3210. The molecule has 0 unspecified atom stereocenters. The van der Waals surface area contributed by atoms with Gasteiger partial charge < -0.3 is 44.7 Å². The van der Waals surface area contributed by atoms with Gasteiger partial charge in [-0.25, -0.2) is 9.78 Å². The van der Waals surface area contributed by atoms with Crippen molar-refractivity contribution in [3.8, 4) is 16.2 Å². The van der Waals surface area contributed by atoms with Gasteiger partial charge in [0.05, 0.1) is 67.8 Å². The number of aryl methyl sites for hydroxylation is 1. The van der Waals surface area contributed by atoms with Gasteiger partial charge in [0.1, 0.15) is 41.4 Å². The van der Waals surface area contributed by atoms with Crippen LogP contribution in [0.1, 0.15) is 109 Å². The first-order chi connectivity index (χ1) is 41.4. The number of rotatable bonds is 24. The Morgan fingerprint density at radius 3 is 2.00 bits per heavy atom. The number of halogens is 2. The van der Waals surface area contributed by atoms with E-state index in [1.807, 2.05) is 134 Å². The highest BCUT2D eigenvalue weighted by molar-refractivity contribution is 7.13. The first-order valence-corrected chi connectivity index (χ1v) is 31.6. The largest absolute Gasteiger partial charge is 0.493 e. The Balaban J connectivity index is 0.752. The van der Waals surface area contributed by atoms with Crippen molar-refractivity contribution < 1.29 is 42.9 Å². The Labute approximate surface area is 526 Å². The van der Waals surface area contributed by atoms with E-state index in [1.54, 1.807) is 16.2 Å². The number of carbonyl (C=O) groups is 5. The highest BCUT2D eigenvalue weighted by Crippen LogP contribution is 2.54. The van der Waals surface area contributed by atoms with Gasteiger partial charge in [0, 0.05) is 55.9 Å². The SMILES string of the molecule is CCOc1cc(C(C)(C)C)ccc1C1=N[C@](C)(c2ccc(Cl)cc2)[C@](C)(c2ccc(Cl)cc2)N1C(=O)N1CCN(CC(=O)NCCOCCOCCOCC(=O)N[C@H](C(=O)N2CCC[C@H]2C(=O)NCc2ccc(-c3scnc3C)cc2)C(C)(C)C)CC1. The minimum Gasteiger partial charge on any atom is -0.493 e. The topological polar surface area (TPSA) is 197 Å². The van der Waals surface area contributed by atoms with Crippen LogP contribution in [0.25, 0.3) is 10.4 Å². The third-order valence-electron chi connectivity index (χ3n) is 16.6. The van der Waals surface area contributed by atoms with Crippen LogP contribution in [0.15, 0.2) is 101 Å². The first-order valence-electron chi connectivity index (χ1n) is 30.0. The van der Waals surface area contributed by atoms with E-state index < -0.39 is 34.5 Å². The summed E-state index contributed by atoms with van der Waals surface area (Å²) in [5.74, 6) is -0.0120. The van der Waals surface area contributed by atoms with Crippen molar-refractivity contribution in [1.82, 2.24) is 40.5 Å². The van der Waals surface area contributed by atoms with E-state index in [4.69, 9.17) is 47.1 Å². The smallest absolute Gasteiger partial charge is 0.326 e. The van der Waals surface area contributed by atoms with Gasteiger partial charge in [-0.1, -0.05) is 119 Å². The predicted molar refractivity (Wildman–Crippen MR) is 341 cm³/mol. The molecule has 18 nitrogen and oxygen atoms in total. The molecule has 0 bridgehead atoms. The van der Waals surface area contributed by atoms with Crippen molar-refractivity contribution in [3.05, 3.63) is 140 Å². The van der Waals surface area contributed by atoms with Crippen LogP contribution in [0.5, 0.6) is 5.75 Å². The van der Waals surface area contributed by atoms with Crippen LogP contribution < -0.4 is 20.7 Å². The van der Waals surface area contributed by atoms with E-state index in [1.165, 1.54) is 0 Å². The van der Waals surface area contributed by atoms with Gasteiger partial charge >= 0.3 is 6.03 Å². The summed E-state index contributed by atoms with van der Waals surface area (Å²) < 4.78 is 23.3. The van der Waals surface area contributed by atoms with E-state index >= 15 is 4.79 Å². The second-order valence-corrected chi connectivity index (χ2v) is 26.5. The van der Waals surface area contributed by atoms with Crippen LogP contribution in [0, 0.1) is 12.3 Å². The van der Waals surface area contributed by atoms with Crippen LogP contribution in [-0.2, 0) is 56.4 Å². The van der Waals surface area contributed by atoms with Crippen LogP contribution in [0.4, 0.5) is 4.79 Å². The summed E-state index contributed by atoms with van der Waals surface area (Å²) in [7, 11) is 0. The maximum atomic E-state index is 15.5. The molecule has 5 aromatic rings. The molecule has 4 aromatic carbocycles. The molecule has 0 aliphatic carbocycles. The summed E-state index contributed by atoms with van der Waals surface area (Å²) in [5.41, 5.74) is 5.43. The molecule has 468 valence electrons. The fourth-order valence-corrected chi connectivity index (χ4v) is 12.4. The van der Waals surface area contributed by atoms with Crippen molar-refractivity contribution in [2.75, 3.05) is 92.1 Å². The van der Waals surface area contributed by atoms with E-state index in [0.717, 1.165) is 38.4 Å². The standard InChI is InChI=1S/C66H85Cl2N9O9S/c1-11-86-54-39-49(63(3,4)5)22-27-52(54)59-73-65(9,47-18-23-50(67)24-19-47)66(10,48-20-25-51(68)26-21-48)77(59)62(82)75-32-30-74(31-33-75)41-55(78)69-28-34-83-35-36-84-37-38-85-42-56(79)72-58(64(6,7)8)61(81)76-29-12-13-53(76)60(80)70-40-45-14-16-46(17-15-45)57-44(2)71-43-87-57/h14-27,39,43,53,58H,11-13,28-38,40-42H2,1-10H3,(H,69,78)(H,70,80)(H,72,79)/t53-,58+,65+,66-/m0/s1. The van der Waals surface area contributed by atoms with Gasteiger partial charge in [-0.2, -0.15) is 0 Å². The number of amides is 6. The third-order valence-corrected chi connectivity index (χ3v) is 18.1. The van der Waals surface area contributed by atoms with Gasteiger partial charge in [-0.3, -0.25) is 34.0 Å². The Morgan fingerprint density at radius 2 is 1.39 bits per heavy atom. The number of hydrogen-bond acceptors (Lipinski definition) is 13. The molecule has 8 rings (SSSR count). The summed E-state index contributed by atoms with van der Waals surface area (Å²) in [6, 6.07) is 27.6. The quantitative estimate of drug-likeness (QED) is 0.0498. The normalized spacial score (nSPS) is 19.4. The lowest BCUT2D eigenvalue weighted by molar-refractivity contribution is -0.144. The summed E-state index contributed by atoms with van der Waals surface area (Å²) in [6.07, 6.45) is 1.22. The number of nitrogens with zero attached hydrogens (tertiary/aromatic N) is 6. The molecule has 3 N–H and O–H groups in total. The Kier molecular flexibility index (Phi) is 22.4. The molecule has 1 aromatic heterocycles. The van der Waals surface area contributed by atoms with E-state index in [0.29, 0.717) is 92.5 Å². The minimum absolute atomic E-state index is 0.143. The summed E-state index contributed by atoms with van der Waals surface area (Å²) >= 11 is 14.5. The molecule has 2 fully saturated rings. The molecule has 4 heterocycles. The number of ether oxygens (including phenoxy) is 4. The number of aliphatic imine (C=N–C) groups is 1. The van der Waals surface area contributed by atoms with E-state index in [-0.39, 0.29) is 75.4 Å². The van der Waals surface area contributed by atoms with Crippen molar-refractivity contribution in [2.45, 2.75) is 117 Å². The molecule has 6 amide bonds. The van der Waals surface area contributed by atoms with Crippen molar-refractivity contribution >= 4 is 70.0 Å². The van der Waals surface area contributed by atoms with Crippen molar-refractivity contribution in [3.63, 3.8) is 0 Å². The average molecular weight is 1250 g/mol. The van der Waals surface area contributed by atoms with Crippen molar-refractivity contribution in [2.24, 2.45) is 10.4 Å². The van der Waals surface area contributed by atoms with Gasteiger partial charge in [-0.05, 0) is 116 Å². The third kappa shape index (κ3) is 16.1. The number of benzene rings is 4. The number of piperazine rings is 1. The van der Waals surface area contributed by atoms with Crippen LogP contribution in [-0.4, -0.2) is 164 Å². The number of likely N-dealkylation sites (tertiary alicyclic amines) is 1. The molecule has 2 saturated heterocycles. The van der Waals surface area contributed by atoms with Gasteiger partial charge in [0.2, 0.25) is 23.6 Å². The highest BCUT2D eigenvalue weighted by atomic mass is 35.5. The van der Waals surface area contributed by atoms with Crippen LogP contribution in [0.3, 0.4) is 0 Å². The number of aromatic nitrogens is 1. The maximum Gasteiger partial charge on any atom is 0.326 e. The number of carbonyl (C=O) groups excluding carboxylic acids is 5. The molecule has 21 heteroatoms. The van der Waals surface area contributed by atoms with Gasteiger partial charge in [0.25, 0.3) is 0 Å². The fourth-order valence-electron chi connectivity index (χ4n) is 11.4. The summed E-state index contributed by atoms with van der Waals surface area (Å²) in [4.78, 5) is 87.6. The van der Waals surface area contributed by atoms with E-state index in [9.17, 15) is 19.2 Å². The van der Waals surface area contributed by atoms with Crippen LogP contribution in [0.2, 0.25) is 10.0 Å². The number of hydrogen-bond donors (Lipinski definition) is 3. The maximum absolute atomic E-state index is 15.5. The fraction of sp³-hybridized carbons (Fsp3) is 0.500. The summed E-state index contributed by atoms with van der Waals surface area (Å²) in [6.45, 7) is 24.4. The Hall–Kier alpha value is -6.45. The molecule has 0 radical (unpaired) electrons. The summed E-state index contributed by atoms with van der Waals surface area (Å²) in [5, 5.41) is 9.98. The minimum atomic E-state index is -1.08. The molecule has 0 saturated carbocycles. The number of nitrogens with one attached hydrogen (secondary N) is 3. The second kappa shape index (κ2) is 29.2. The zero-order valence-corrected chi connectivity index (χ0v) is 54.3.